The number of benzene rings is 1. The molecular formula is C10H12ClF2N. The number of hydrogen-bond acceptors (Lipinski definition) is 1. The lowest BCUT2D eigenvalue weighted by Crippen LogP contribution is -2.18. The Morgan fingerprint density at radius 1 is 1.43 bits per heavy atom. The number of alkyl halides is 2. The first kappa shape index (κ1) is 11.4. The summed E-state index contributed by atoms with van der Waals surface area (Å²) in [6.45, 7) is 1.67. The molecule has 0 atom stereocenters. The van der Waals surface area contributed by atoms with E-state index in [0.29, 0.717) is 10.6 Å². The summed E-state index contributed by atoms with van der Waals surface area (Å²) in [5, 5.41) is 0.497. The van der Waals surface area contributed by atoms with Gasteiger partial charge in [0.15, 0.2) is 0 Å². The van der Waals surface area contributed by atoms with E-state index < -0.39 is 5.92 Å². The summed E-state index contributed by atoms with van der Waals surface area (Å²) in [6.07, 6.45) is -0.339. The highest BCUT2D eigenvalue weighted by molar-refractivity contribution is 6.31. The summed E-state index contributed by atoms with van der Waals surface area (Å²) in [7, 11) is 0. The second-order valence-corrected chi connectivity index (χ2v) is 3.61. The van der Waals surface area contributed by atoms with Crippen molar-refractivity contribution in [3.05, 3.63) is 34.3 Å². The van der Waals surface area contributed by atoms with Crippen LogP contribution in [0.3, 0.4) is 0 Å². The zero-order valence-corrected chi connectivity index (χ0v) is 8.61. The van der Waals surface area contributed by atoms with E-state index in [2.05, 4.69) is 0 Å². The minimum absolute atomic E-state index is 0.0233. The third-order valence-electron chi connectivity index (χ3n) is 2.04. The minimum Gasteiger partial charge on any atom is -0.330 e. The quantitative estimate of drug-likeness (QED) is 0.831. The van der Waals surface area contributed by atoms with Crippen LogP contribution in [-0.2, 0) is 5.92 Å². The van der Waals surface area contributed by atoms with Crippen LogP contribution in [0.15, 0.2) is 18.2 Å². The molecule has 78 valence electrons. The Bertz CT molecular complexity index is 326. The predicted octanol–water partition coefficient (Wildman–Crippen LogP) is 3.09. The topological polar surface area (TPSA) is 26.0 Å². The first-order valence-electron chi connectivity index (χ1n) is 4.32. The highest BCUT2D eigenvalue weighted by Crippen LogP contribution is 2.32. The predicted molar refractivity (Wildman–Crippen MR) is 53.8 cm³/mol. The number of hydrogen-bond donors (Lipinski definition) is 1. The largest absolute Gasteiger partial charge is 0.330 e. The normalized spacial score (nSPS) is 11.8. The Morgan fingerprint density at radius 3 is 2.57 bits per heavy atom. The van der Waals surface area contributed by atoms with Crippen LogP contribution in [0.2, 0.25) is 5.02 Å². The molecule has 0 aliphatic carbocycles. The van der Waals surface area contributed by atoms with Crippen molar-refractivity contribution in [1.29, 1.82) is 0 Å². The molecule has 1 aromatic rings. The fourth-order valence-corrected chi connectivity index (χ4v) is 1.32. The standard InChI is InChI=1S/C10H12ClF2N/c1-7-6-8(2-3-9(7)11)10(12,13)4-5-14/h2-3,6H,4-5,14H2,1H3. The van der Waals surface area contributed by atoms with Crippen LogP contribution < -0.4 is 5.73 Å². The van der Waals surface area contributed by atoms with Crippen molar-refractivity contribution in [2.24, 2.45) is 5.73 Å². The van der Waals surface area contributed by atoms with Crippen LogP contribution in [-0.4, -0.2) is 6.54 Å². The molecule has 4 heteroatoms. The first-order valence-corrected chi connectivity index (χ1v) is 4.69. The van der Waals surface area contributed by atoms with Crippen molar-refractivity contribution in [1.82, 2.24) is 0 Å². The zero-order chi connectivity index (χ0) is 10.8. The van der Waals surface area contributed by atoms with Gasteiger partial charge in [0.25, 0.3) is 5.92 Å². The molecule has 0 amide bonds. The van der Waals surface area contributed by atoms with Crippen molar-refractivity contribution in [2.45, 2.75) is 19.3 Å². The Labute approximate surface area is 86.9 Å². The molecule has 0 aromatic heterocycles. The number of nitrogens with two attached hydrogens (primary N) is 1. The monoisotopic (exact) mass is 219 g/mol. The van der Waals surface area contributed by atoms with Crippen LogP contribution in [0, 0.1) is 6.92 Å². The Kier molecular flexibility index (Phi) is 3.45. The highest BCUT2D eigenvalue weighted by atomic mass is 35.5. The van der Waals surface area contributed by atoms with Crippen LogP contribution in [0.25, 0.3) is 0 Å². The van der Waals surface area contributed by atoms with Gasteiger partial charge < -0.3 is 5.73 Å². The van der Waals surface area contributed by atoms with Crippen molar-refractivity contribution < 1.29 is 8.78 Å². The molecule has 0 spiro atoms. The van der Waals surface area contributed by atoms with Crippen LogP contribution in [0.1, 0.15) is 17.5 Å². The third-order valence-corrected chi connectivity index (χ3v) is 2.46. The molecular weight excluding hydrogens is 208 g/mol. The lowest BCUT2D eigenvalue weighted by atomic mass is 10.0. The maximum absolute atomic E-state index is 13.3. The molecule has 0 bridgehead atoms. The van der Waals surface area contributed by atoms with Crippen molar-refractivity contribution in [2.75, 3.05) is 6.54 Å². The smallest absolute Gasteiger partial charge is 0.274 e. The van der Waals surface area contributed by atoms with Gasteiger partial charge in [0.2, 0.25) is 0 Å². The van der Waals surface area contributed by atoms with E-state index in [0.717, 1.165) is 0 Å². The van der Waals surface area contributed by atoms with Gasteiger partial charge in [-0.15, -0.1) is 0 Å². The molecule has 1 nitrogen and oxygen atoms in total. The molecule has 0 aliphatic rings. The Balaban J connectivity index is 3.01. The summed E-state index contributed by atoms with van der Waals surface area (Å²) in [5.41, 5.74) is 5.74. The maximum Gasteiger partial charge on any atom is 0.274 e. The van der Waals surface area contributed by atoms with Crippen LogP contribution >= 0.6 is 11.6 Å². The van der Waals surface area contributed by atoms with Gasteiger partial charge >= 0.3 is 0 Å². The average molecular weight is 220 g/mol. The minimum atomic E-state index is -2.86. The zero-order valence-electron chi connectivity index (χ0n) is 7.86. The summed E-state index contributed by atoms with van der Waals surface area (Å²) in [5.74, 6) is -2.86. The van der Waals surface area contributed by atoms with Crippen molar-refractivity contribution in [3.8, 4) is 0 Å². The first-order chi connectivity index (χ1) is 6.47. The van der Waals surface area contributed by atoms with E-state index in [1.807, 2.05) is 0 Å². The van der Waals surface area contributed by atoms with E-state index >= 15 is 0 Å². The number of aryl methyl sites for hydroxylation is 1. The fraction of sp³-hybridized carbons (Fsp3) is 0.400. The summed E-state index contributed by atoms with van der Waals surface area (Å²) in [4.78, 5) is 0. The van der Waals surface area contributed by atoms with Crippen molar-refractivity contribution in [3.63, 3.8) is 0 Å². The average Bonchev–Trinajstić information content (AvgIpc) is 2.09. The van der Waals surface area contributed by atoms with Crippen molar-refractivity contribution >= 4 is 11.6 Å². The SMILES string of the molecule is Cc1cc(C(F)(F)CCN)ccc1Cl. The van der Waals surface area contributed by atoms with E-state index in [1.54, 1.807) is 6.92 Å². The third kappa shape index (κ3) is 2.42. The van der Waals surface area contributed by atoms with Gasteiger partial charge in [-0.2, -0.15) is 0 Å². The molecule has 0 saturated carbocycles. The van der Waals surface area contributed by atoms with E-state index in [4.69, 9.17) is 17.3 Å². The van der Waals surface area contributed by atoms with Gasteiger partial charge in [0, 0.05) is 17.0 Å². The Morgan fingerprint density at radius 2 is 2.07 bits per heavy atom. The van der Waals surface area contributed by atoms with Gasteiger partial charge in [-0.3, -0.25) is 0 Å². The Hall–Kier alpha value is -0.670. The second-order valence-electron chi connectivity index (χ2n) is 3.21. The summed E-state index contributed by atoms with van der Waals surface area (Å²) >= 11 is 5.74. The highest BCUT2D eigenvalue weighted by Gasteiger charge is 2.30. The maximum atomic E-state index is 13.3. The second kappa shape index (κ2) is 4.24. The molecule has 0 heterocycles. The molecule has 0 radical (unpaired) electrons. The molecule has 14 heavy (non-hydrogen) atoms. The van der Waals surface area contributed by atoms with Gasteiger partial charge in [-0.05, 0) is 31.2 Å². The molecule has 1 aromatic carbocycles. The molecule has 0 unspecified atom stereocenters. The van der Waals surface area contributed by atoms with Crippen LogP contribution in [0.4, 0.5) is 8.78 Å². The lowest BCUT2D eigenvalue weighted by molar-refractivity contribution is -0.0107. The number of halogens is 3. The summed E-state index contributed by atoms with van der Waals surface area (Å²) < 4.78 is 26.7. The molecule has 0 fully saturated rings. The summed E-state index contributed by atoms with van der Waals surface area (Å²) in [6, 6.07) is 4.22. The molecule has 0 aliphatic heterocycles. The van der Waals surface area contributed by atoms with E-state index in [-0.39, 0.29) is 18.5 Å². The van der Waals surface area contributed by atoms with Gasteiger partial charge in [-0.25, -0.2) is 8.78 Å². The van der Waals surface area contributed by atoms with Gasteiger partial charge in [0.1, 0.15) is 0 Å². The fourth-order valence-electron chi connectivity index (χ4n) is 1.20. The molecule has 0 saturated heterocycles. The van der Waals surface area contributed by atoms with Crippen LogP contribution in [0.5, 0.6) is 0 Å². The molecule has 1 rings (SSSR count). The van der Waals surface area contributed by atoms with Gasteiger partial charge in [-0.1, -0.05) is 17.7 Å². The lowest BCUT2D eigenvalue weighted by Gasteiger charge is -2.16. The molecule has 2 N–H and O–H groups in total. The van der Waals surface area contributed by atoms with Gasteiger partial charge in [0.05, 0.1) is 0 Å². The van der Waals surface area contributed by atoms with E-state index in [1.165, 1.54) is 18.2 Å². The number of rotatable bonds is 3. The van der Waals surface area contributed by atoms with E-state index in [9.17, 15) is 8.78 Å².